The van der Waals surface area contributed by atoms with Crippen molar-refractivity contribution < 1.29 is 19.0 Å². The Labute approximate surface area is 180 Å². The third-order valence-electron chi connectivity index (χ3n) is 4.43. The van der Waals surface area contributed by atoms with Crippen LogP contribution >= 0.6 is 0 Å². The van der Waals surface area contributed by atoms with Gasteiger partial charge in [0.15, 0.2) is 6.61 Å². The standard InChI is InChI=1S/C23H25N3O5/c1-3-30-18-9-7-17(8-10-18)21-14-23(28)26(16-25-21)12-11-24-22(27)15-31-20-6-4-5-19(13-20)29-2/h4-10,13-14,16H,3,11-12,15H2,1-2H3,(H,24,27). The number of amides is 1. The molecular weight excluding hydrogens is 398 g/mol. The smallest absolute Gasteiger partial charge is 0.258 e. The fraction of sp³-hybridized carbons (Fsp3) is 0.261. The summed E-state index contributed by atoms with van der Waals surface area (Å²) in [6.07, 6.45) is 1.48. The number of carbonyl (C=O) groups excluding carboxylic acids is 1. The van der Waals surface area contributed by atoms with Crippen LogP contribution in [0.1, 0.15) is 6.92 Å². The van der Waals surface area contributed by atoms with Gasteiger partial charge in [0.25, 0.3) is 11.5 Å². The molecule has 3 aromatic rings. The van der Waals surface area contributed by atoms with E-state index in [0.717, 1.165) is 11.3 Å². The predicted octanol–water partition coefficient (Wildman–Crippen LogP) is 2.51. The second-order valence-corrected chi connectivity index (χ2v) is 6.58. The molecule has 2 aromatic carbocycles. The van der Waals surface area contributed by atoms with Crippen LogP contribution in [0.25, 0.3) is 11.3 Å². The fourth-order valence-corrected chi connectivity index (χ4v) is 2.85. The number of hydrogen-bond acceptors (Lipinski definition) is 6. The Morgan fingerprint density at radius 3 is 2.52 bits per heavy atom. The largest absolute Gasteiger partial charge is 0.497 e. The molecule has 0 bridgehead atoms. The van der Waals surface area contributed by atoms with E-state index in [4.69, 9.17) is 14.2 Å². The van der Waals surface area contributed by atoms with E-state index in [-0.39, 0.29) is 24.6 Å². The lowest BCUT2D eigenvalue weighted by molar-refractivity contribution is -0.123. The first-order valence-electron chi connectivity index (χ1n) is 9.92. The number of nitrogens with zero attached hydrogens (tertiary/aromatic N) is 2. The molecule has 0 saturated heterocycles. The normalized spacial score (nSPS) is 10.4. The van der Waals surface area contributed by atoms with Crippen molar-refractivity contribution in [2.75, 3.05) is 26.9 Å². The molecule has 1 amide bonds. The molecular formula is C23H25N3O5. The van der Waals surface area contributed by atoms with Gasteiger partial charge in [-0.3, -0.25) is 14.2 Å². The van der Waals surface area contributed by atoms with Gasteiger partial charge < -0.3 is 19.5 Å². The number of methoxy groups -OCH3 is 1. The highest BCUT2D eigenvalue weighted by Crippen LogP contribution is 2.20. The molecule has 0 aliphatic rings. The van der Waals surface area contributed by atoms with Crippen LogP contribution in [0, 0.1) is 0 Å². The van der Waals surface area contributed by atoms with Crippen LogP contribution in [-0.4, -0.2) is 42.3 Å². The summed E-state index contributed by atoms with van der Waals surface area (Å²) >= 11 is 0. The molecule has 31 heavy (non-hydrogen) atoms. The van der Waals surface area contributed by atoms with Gasteiger partial charge in [-0.25, -0.2) is 4.98 Å². The maximum atomic E-state index is 12.4. The minimum Gasteiger partial charge on any atom is -0.497 e. The third-order valence-corrected chi connectivity index (χ3v) is 4.43. The Kier molecular flexibility index (Phi) is 7.64. The second-order valence-electron chi connectivity index (χ2n) is 6.58. The topological polar surface area (TPSA) is 91.7 Å². The van der Waals surface area contributed by atoms with Crippen molar-refractivity contribution >= 4 is 5.91 Å². The van der Waals surface area contributed by atoms with Crippen LogP contribution < -0.4 is 25.1 Å². The van der Waals surface area contributed by atoms with Crippen molar-refractivity contribution in [2.45, 2.75) is 13.5 Å². The number of ether oxygens (including phenoxy) is 3. The first kappa shape index (κ1) is 21.9. The van der Waals surface area contributed by atoms with E-state index in [1.165, 1.54) is 17.0 Å². The molecule has 0 atom stereocenters. The zero-order valence-corrected chi connectivity index (χ0v) is 17.5. The maximum Gasteiger partial charge on any atom is 0.258 e. The van der Waals surface area contributed by atoms with Gasteiger partial charge in [0, 0.05) is 30.8 Å². The number of aromatic nitrogens is 2. The molecule has 1 aromatic heterocycles. The number of hydrogen-bond donors (Lipinski definition) is 1. The number of carbonyl (C=O) groups is 1. The molecule has 0 radical (unpaired) electrons. The molecule has 3 rings (SSSR count). The molecule has 0 spiro atoms. The van der Waals surface area contributed by atoms with Crippen LogP contribution in [0.5, 0.6) is 17.2 Å². The summed E-state index contributed by atoms with van der Waals surface area (Å²) in [6.45, 7) is 2.98. The van der Waals surface area contributed by atoms with Crippen LogP contribution in [0.3, 0.4) is 0 Å². The quantitative estimate of drug-likeness (QED) is 0.539. The summed E-state index contributed by atoms with van der Waals surface area (Å²) in [6, 6.07) is 15.9. The zero-order valence-electron chi connectivity index (χ0n) is 17.5. The zero-order chi connectivity index (χ0) is 22.1. The van der Waals surface area contributed by atoms with Crippen LogP contribution in [0.4, 0.5) is 0 Å². The maximum absolute atomic E-state index is 12.4. The minimum atomic E-state index is -0.283. The van der Waals surface area contributed by atoms with Crippen LogP contribution in [0.15, 0.2) is 65.7 Å². The van der Waals surface area contributed by atoms with E-state index in [2.05, 4.69) is 10.3 Å². The number of rotatable bonds is 10. The van der Waals surface area contributed by atoms with Gasteiger partial charge in [-0.2, -0.15) is 0 Å². The van der Waals surface area contributed by atoms with Crippen molar-refractivity contribution in [3.8, 4) is 28.5 Å². The molecule has 8 heteroatoms. The molecule has 162 valence electrons. The summed E-state index contributed by atoms with van der Waals surface area (Å²) in [4.78, 5) is 28.7. The third kappa shape index (κ3) is 6.33. The van der Waals surface area contributed by atoms with E-state index in [1.807, 2.05) is 31.2 Å². The lowest BCUT2D eigenvalue weighted by Crippen LogP contribution is -2.33. The van der Waals surface area contributed by atoms with E-state index in [9.17, 15) is 9.59 Å². The van der Waals surface area contributed by atoms with Crippen LogP contribution in [0.2, 0.25) is 0 Å². The Morgan fingerprint density at radius 2 is 1.81 bits per heavy atom. The Bertz CT molecular complexity index is 1060. The molecule has 1 heterocycles. The number of benzene rings is 2. The first-order valence-corrected chi connectivity index (χ1v) is 9.92. The van der Waals surface area contributed by atoms with Crippen LogP contribution in [-0.2, 0) is 11.3 Å². The monoisotopic (exact) mass is 423 g/mol. The van der Waals surface area contributed by atoms with Crippen molar-refractivity contribution in [2.24, 2.45) is 0 Å². The highest BCUT2D eigenvalue weighted by molar-refractivity contribution is 5.77. The van der Waals surface area contributed by atoms with Gasteiger partial charge >= 0.3 is 0 Å². The van der Waals surface area contributed by atoms with E-state index in [0.29, 0.717) is 30.3 Å². The molecule has 0 fully saturated rings. The summed E-state index contributed by atoms with van der Waals surface area (Å²) in [5, 5.41) is 2.73. The predicted molar refractivity (Wildman–Crippen MR) is 117 cm³/mol. The van der Waals surface area contributed by atoms with Gasteiger partial charge in [0.05, 0.1) is 25.7 Å². The number of nitrogens with one attached hydrogen (secondary N) is 1. The minimum absolute atomic E-state index is 0.128. The molecule has 0 saturated carbocycles. The molecule has 8 nitrogen and oxygen atoms in total. The van der Waals surface area contributed by atoms with E-state index in [1.54, 1.807) is 31.4 Å². The summed E-state index contributed by atoms with van der Waals surface area (Å²) in [5.41, 5.74) is 1.22. The van der Waals surface area contributed by atoms with Gasteiger partial charge in [-0.05, 0) is 43.3 Å². The highest BCUT2D eigenvalue weighted by Gasteiger charge is 2.06. The van der Waals surface area contributed by atoms with E-state index < -0.39 is 0 Å². The lowest BCUT2D eigenvalue weighted by Gasteiger charge is -2.10. The molecule has 1 N–H and O–H groups in total. The fourth-order valence-electron chi connectivity index (χ4n) is 2.85. The SMILES string of the molecule is CCOc1ccc(-c2cc(=O)n(CCNC(=O)COc3cccc(OC)c3)cn2)cc1. The summed E-state index contributed by atoms with van der Waals surface area (Å²) < 4.78 is 17.4. The Morgan fingerprint density at radius 1 is 1.03 bits per heavy atom. The van der Waals surface area contributed by atoms with E-state index >= 15 is 0 Å². The van der Waals surface area contributed by atoms with Gasteiger partial charge in [0.2, 0.25) is 0 Å². The lowest BCUT2D eigenvalue weighted by atomic mass is 10.1. The van der Waals surface area contributed by atoms with Crippen molar-refractivity contribution in [3.63, 3.8) is 0 Å². The summed E-state index contributed by atoms with van der Waals surface area (Å²) in [7, 11) is 1.56. The Hall–Kier alpha value is -3.81. The molecule has 0 aliphatic carbocycles. The second kappa shape index (κ2) is 10.8. The highest BCUT2D eigenvalue weighted by atomic mass is 16.5. The first-order chi connectivity index (χ1) is 15.1. The average molecular weight is 423 g/mol. The summed E-state index contributed by atoms with van der Waals surface area (Å²) in [5.74, 6) is 1.68. The molecule has 0 aliphatic heterocycles. The van der Waals surface area contributed by atoms with Gasteiger partial charge in [0.1, 0.15) is 17.2 Å². The Balaban J connectivity index is 1.49. The van der Waals surface area contributed by atoms with Crippen molar-refractivity contribution in [1.29, 1.82) is 0 Å². The molecule has 0 unspecified atom stereocenters. The van der Waals surface area contributed by atoms with Crippen molar-refractivity contribution in [3.05, 3.63) is 71.3 Å². The van der Waals surface area contributed by atoms with Crippen molar-refractivity contribution in [1.82, 2.24) is 14.9 Å². The van der Waals surface area contributed by atoms with Gasteiger partial charge in [-0.1, -0.05) is 6.07 Å². The average Bonchev–Trinajstić information content (AvgIpc) is 2.79. The van der Waals surface area contributed by atoms with Gasteiger partial charge in [-0.15, -0.1) is 0 Å².